The number of anilines is 1. The van der Waals surface area contributed by atoms with Gasteiger partial charge in [0, 0.05) is 5.69 Å². The Balaban J connectivity index is 1.66. The van der Waals surface area contributed by atoms with E-state index in [1.54, 1.807) is 24.3 Å². The maximum absolute atomic E-state index is 12.3. The molecule has 1 aromatic carbocycles. The van der Waals surface area contributed by atoms with Crippen LogP contribution in [-0.4, -0.2) is 32.0 Å². The van der Waals surface area contributed by atoms with Crippen LogP contribution in [0.4, 0.5) is 5.69 Å². The second-order valence-corrected chi connectivity index (χ2v) is 8.69. The van der Waals surface area contributed by atoms with E-state index in [4.69, 9.17) is 4.74 Å². The van der Waals surface area contributed by atoms with Crippen molar-refractivity contribution in [1.82, 2.24) is 9.69 Å². The van der Waals surface area contributed by atoms with Crippen molar-refractivity contribution in [2.75, 3.05) is 17.8 Å². The predicted molar refractivity (Wildman–Crippen MR) is 93.6 cm³/mol. The molecule has 0 atom stereocenters. The number of ether oxygens (including phenoxy) is 1. The summed E-state index contributed by atoms with van der Waals surface area (Å²) in [6.07, 6.45) is 3.64. The summed E-state index contributed by atoms with van der Waals surface area (Å²) in [5, 5.41) is 3.29. The van der Waals surface area contributed by atoms with E-state index in [1.807, 2.05) is 0 Å². The molecule has 0 amide bonds. The van der Waals surface area contributed by atoms with Gasteiger partial charge in [0.15, 0.2) is 4.21 Å². The lowest BCUT2D eigenvalue weighted by molar-refractivity contribution is 0.162. The van der Waals surface area contributed by atoms with Gasteiger partial charge in [0.25, 0.3) is 10.0 Å². The van der Waals surface area contributed by atoms with Crippen LogP contribution in [0.25, 0.3) is 0 Å². The predicted octanol–water partition coefficient (Wildman–Crippen LogP) is 2.84. The molecule has 1 aliphatic rings. The number of sulfonamides is 1. The van der Waals surface area contributed by atoms with Crippen molar-refractivity contribution < 1.29 is 13.2 Å². The van der Waals surface area contributed by atoms with Crippen LogP contribution >= 0.6 is 27.5 Å². The van der Waals surface area contributed by atoms with Gasteiger partial charge in [-0.05, 0) is 77.7 Å². The monoisotopic (exact) mass is 417 g/mol. The third-order valence-corrected chi connectivity index (χ3v) is 7.25. The molecule has 124 valence electrons. The van der Waals surface area contributed by atoms with Gasteiger partial charge in [-0.1, -0.05) is 0 Å². The molecule has 0 bridgehead atoms. The van der Waals surface area contributed by atoms with Crippen molar-refractivity contribution in [3.8, 4) is 5.75 Å². The Morgan fingerprint density at radius 3 is 2.57 bits per heavy atom. The van der Waals surface area contributed by atoms with E-state index in [-0.39, 0.29) is 10.3 Å². The van der Waals surface area contributed by atoms with E-state index < -0.39 is 10.0 Å². The first-order valence-electron chi connectivity index (χ1n) is 7.15. The largest absolute Gasteiger partial charge is 0.490 e. The van der Waals surface area contributed by atoms with Crippen molar-refractivity contribution in [1.29, 1.82) is 0 Å². The quantitative estimate of drug-likeness (QED) is 0.781. The molecule has 2 N–H and O–H groups in total. The smallest absolute Gasteiger partial charge is 0.274 e. The molecule has 0 unspecified atom stereocenters. The van der Waals surface area contributed by atoms with E-state index >= 15 is 0 Å². The molecule has 6 nitrogen and oxygen atoms in total. The Morgan fingerprint density at radius 1 is 1.26 bits per heavy atom. The number of hydrogen-bond acceptors (Lipinski definition) is 6. The Kier molecular flexibility index (Phi) is 5.20. The topological polar surface area (TPSA) is 80.3 Å². The molecule has 3 rings (SSSR count). The lowest BCUT2D eigenvalue weighted by Crippen LogP contribution is -2.34. The van der Waals surface area contributed by atoms with Gasteiger partial charge in [0.2, 0.25) is 0 Å². The Hall–Kier alpha value is -1.16. The summed E-state index contributed by atoms with van der Waals surface area (Å²) in [4.78, 5) is 0. The van der Waals surface area contributed by atoms with E-state index in [1.165, 1.54) is 6.20 Å². The highest BCUT2D eigenvalue weighted by Gasteiger charge is 2.20. The second kappa shape index (κ2) is 7.16. The average Bonchev–Trinajstić information content (AvgIpc) is 2.97. The molecule has 23 heavy (non-hydrogen) atoms. The molecule has 1 aromatic heterocycles. The first-order chi connectivity index (χ1) is 11.0. The first-order valence-corrected chi connectivity index (χ1v) is 10.2. The summed E-state index contributed by atoms with van der Waals surface area (Å²) in [5.41, 5.74) is 0.489. The zero-order valence-electron chi connectivity index (χ0n) is 12.2. The molecule has 9 heteroatoms. The van der Waals surface area contributed by atoms with Crippen molar-refractivity contribution in [3.05, 3.63) is 34.9 Å². The van der Waals surface area contributed by atoms with Crippen LogP contribution in [0.3, 0.4) is 0 Å². The number of aromatic nitrogens is 1. The lowest BCUT2D eigenvalue weighted by atomic mass is 10.1. The maximum atomic E-state index is 12.3. The summed E-state index contributed by atoms with van der Waals surface area (Å²) >= 11 is 4.11. The molecule has 0 spiro atoms. The fourth-order valence-corrected chi connectivity index (χ4v) is 5.29. The van der Waals surface area contributed by atoms with Gasteiger partial charge < -0.3 is 10.1 Å². The fraction of sp³-hybridized carbons (Fsp3) is 0.357. The number of nitrogens with zero attached hydrogens (tertiary/aromatic N) is 1. The molecular weight excluding hydrogens is 402 g/mol. The van der Waals surface area contributed by atoms with Crippen LogP contribution in [0.5, 0.6) is 5.75 Å². The molecule has 2 aromatic rings. The summed E-state index contributed by atoms with van der Waals surface area (Å²) in [7, 11) is -3.63. The van der Waals surface area contributed by atoms with E-state index in [0.717, 1.165) is 43.2 Å². The molecule has 0 saturated carbocycles. The Morgan fingerprint density at radius 2 is 1.96 bits per heavy atom. The van der Waals surface area contributed by atoms with Gasteiger partial charge in [0.05, 0.1) is 10.7 Å². The minimum atomic E-state index is -3.63. The van der Waals surface area contributed by atoms with Crippen molar-refractivity contribution in [2.24, 2.45) is 0 Å². The Labute approximate surface area is 147 Å². The second-order valence-electron chi connectivity index (χ2n) is 5.16. The van der Waals surface area contributed by atoms with Gasteiger partial charge in [-0.2, -0.15) is 4.37 Å². The SMILES string of the molecule is O=S(=O)(Nc1ccc(OC2CCNCC2)cc1)c1sncc1Br. The number of nitrogens with one attached hydrogen (secondary N) is 2. The van der Waals surface area contributed by atoms with Gasteiger partial charge in [-0.3, -0.25) is 4.72 Å². The molecule has 1 saturated heterocycles. The summed E-state index contributed by atoms with van der Waals surface area (Å²) in [5.74, 6) is 0.749. The number of piperidine rings is 1. The summed E-state index contributed by atoms with van der Waals surface area (Å²) < 4.78 is 37.5. The zero-order chi connectivity index (χ0) is 16.3. The third kappa shape index (κ3) is 4.23. The molecular formula is C14H16BrN3O3S2. The van der Waals surface area contributed by atoms with Gasteiger partial charge >= 0.3 is 0 Å². The molecule has 1 aliphatic heterocycles. The van der Waals surface area contributed by atoms with Gasteiger partial charge in [-0.25, -0.2) is 8.42 Å². The van der Waals surface area contributed by atoms with Crippen LogP contribution in [0.15, 0.2) is 39.1 Å². The van der Waals surface area contributed by atoms with E-state index in [9.17, 15) is 8.42 Å². The van der Waals surface area contributed by atoms with Crippen molar-refractivity contribution >= 4 is 43.2 Å². The zero-order valence-corrected chi connectivity index (χ0v) is 15.4. The summed E-state index contributed by atoms with van der Waals surface area (Å²) in [6, 6.07) is 6.95. The number of rotatable bonds is 5. The van der Waals surface area contributed by atoms with E-state index in [0.29, 0.717) is 10.2 Å². The van der Waals surface area contributed by atoms with Crippen LogP contribution in [0, 0.1) is 0 Å². The Bertz CT molecular complexity index is 756. The van der Waals surface area contributed by atoms with Crippen LogP contribution < -0.4 is 14.8 Å². The maximum Gasteiger partial charge on any atom is 0.274 e. The molecule has 0 aliphatic carbocycles. The number of hydrogen-bond donors (Lipinski definition) is 2. The number of halogens is 1. The van der Waals surface area contributed by atoms with Crippen molar-refractivity contribution in [2.45, 2.75) is 23.2 Å². The highest BCUT2D eigenvalue weighted by Crippen LogP contribution is 2.28. The fourth-order valence-electron chi connectivity index (χ4n) is 2.30. The minimum absolute atomic E-state index is 0.160. The van der Waals surface area contributed by atoms with Crippen LogP contribution in [0.1, 0.15) is 12.8 Å². The third-order valence-electron chi connectivity index (χ3n) is 3.44. The van der Waals surface area contributed by atoms with Crippen molar-refractivity contribution in [3.63, 3.8) is 0 Å². The molecule has 0 radical (unpaired) electrons. The molecule has 2 heterocycles. The average molecular weight is 418 g/mol. The lowest BCUT2D eigenvalue weighted by Gasteiger charge is -2.23. The van der Waals surface area contributed by atoms with Crippen LogP contribution in [0.2, 0.25) is 0 Å². The molecule has 1 fully saturated rings. The minimum Gasteiger partial charge on any atom is -0.490 e. The highest BCUT2D eigenvalue weighted by molar-refractivity contribution is 9.10. The first kappa shape index (κ1) is 16.7. The standard InChI is InChI=1S/C14H16BrN3O3S2/c15-13-9-17-22-14(13)23(19,20)18-10-1-3-11(4-2-10)21-12-5-7-16-8-6-12/h1-4,9,12,16,18H,5-8H2. The normalized spacial score (nSPS) is 16.2. The van der Waals surface area contributed by atoms with E-state index in [2.05, 4.69) is 30.3 Å². The van der Waals surface area contributed by atoms with Gasteiger partial charge in [-0.15, -0.1) is 0 Å². The van der Waals surface area contributed by atoms with Crippen LogP contribution in [-0.2, 0) is 10.0 Å². The van der Waals surface area contributed by atoms with Gasteiger partial charge in [0.1, 0.15) is 11.9 Å². The summed E-state index contributed by atoms with van der Waals surface area (Å²) in [6.45, 7) is 1.93. The highest BCUT2D eigenvalue weighted by atomic mass is 79.9. The number of benzene rings is 1.